The molecule has 2 aromatic carbocycles. The molecule has 0 saturated heterocycles. The molecule has 2 rings (SSSR count). The van der Waals surface area contributed by atoms with Crippen LogP contribution < -0.4 is 5.73 Å². The van der Waals surface area contributed by atoms with Gasteiger partial charge in [0.2, 0.25) is 0 Å². The summed E-state index contributed by atoms with van der Waals surface area (Å²) < 4.78 is 0. The molecule has 0 bridgehead atoms. The van der Waals surface area contributed by atoms with Crippen LogP contribution in [-0.2, 0) is 0 Å². The normalized spacial score (nSPS) is 12.3. The lowest BCUT2D eigenvalue weighted by Gasteiger charge is -2.25. The molecule has 1 atom stereocenters. The van der Waals surface area contributed by atoms with E-state index in [4.69, 9.17) is 5.73 Å². The number of rotatable bonds is 7. The average Bonchev–Trinajstić information content (AvgIpc) is 2.50. The highest BCUT2D eigenvalue weighted by molar-refractivity contribution is 5.34. The quantitative estimate of drug-likeness (QED) is 0.579. The van der Waals surface area contributed by atoms with Crippen molar-refractivity contribution in [2.75, 3.05) is 0 Å². The van der Waals surface area contributed by atoms with E-state index < -0.39 is 0 Å². The maximum atomic E-state index is 6.49. The van der Waals surface area contributed by atoms with Crippen LogP contribution in [0.15, 0.2) is 73.3 Å². The van der Waals surface area contributed by atoms with E-state index in [2.05, 4.69) is 67.2 Å². The van der Waals surface area contributed by atoms with Gasteiger partial charge in [-0.2, -0.15) is 0 Å². The van der Waals surface area contributed by atoms with Gasteiger partial charge in [-0.05, 0) is 30.4 Å². The monoisotopic (exact) mass is 265 g/mol. The van der Waals surface area contributed by atoms with Gasteiger partial charge in [0.1, 0.15) is 0 Å². The number of hydrogen-bond acceptors (Lipinski definition) is 1. The highest BCUT2D eigenvalue weighted by atomic mass is 14.6. The summed E-state index contributed by atoms with van der Waals surface area (Å²) in [5, 5.41) is 0. The molecule has 0 aliphatic rings. The van der Waals surface area contributed by atoms with E-state index in [1.165, 1.54) is 11.1 Å². The van der Waals surface area contributed by atoms with Crippen molar-refractivity contribution in [3.05, 3.63) is 84.4 Å². The van der Waals surface area contributed by atoms with Crippen molar-refractivity contribution in [3.8, 4) is 0 Å². The molecule has 1 unspecified atom stereocenters. The zero-order valence-corrected chi connectivity index (χ0v) is 11.9. The Hall–Kier alpha value is -1.86. The fourth-order valence-electron chi connectivity index (χ4n) is 2.67. The Morgan fingerprint density at radius 2 is 1.40 bits per heavy atom. The van der Waals surface area contributed by atoms with Gasteiger partial charge in [-0.25, -0.2) is 0 Å². The predicted molar refractivity (Wildman–Crippen MR) is 86.8 cm³/mol. The molecule has 0 aliphatic carbocycles. The summed E-state index contributed by atoms with van der Waals surface area (Å²) in [5.41, 5.74) is 9.08. The number of hydrogen-bond donors (Lipinski definition) is 1. The Morgan fingerprint density at radius 3 is 1.85 bits per heavy atom. The molecule has 20 heavy (non-hydrogen) atoms. The van der Waals surface area contributed by atoms with Gasteiger partial charge in [0, 0.05) is 12.0 Å². The molecule has 2 N–H and O–H groups in total. The molecule has 0 saturated carbocycles. The standard InChI is InChI=1S/C19H23N/c1-2-3-6-15-18(20)19(16-11-7-4-8-12-16)17-13-9-5-10-14-17/h2,4-5,7-14,18-19H,1,3,6,15,20H2. The summed E-state index contributed by atoms with van der Waals surface area (Å²) in [6, 6.07) is 21.3. The minimum absolute atomic E-state index is 0.139. The van der Waals surface area contributed by atoms with Crippen LogP contribution in [0.25, 0.3) is 0 Å². The summed E-state index contributed by atoms with van der Waals surface area (Å²) in [5.74, 6) is 0.266. The van der Waals surface area contributed by atoms with E-state index in [1.54, 1.807) is 0 Å². The van der Waals surface area contributed by atoms with Crippen molar-refractivity contribution < 1.29 is 0 Å². The molecule has 0 fully saturated rings. The number of nitrogens with two attached hydrogens (primary N) is 1. The van der Waals surface area contributed by atoms with Crippen LogP contribution in [0.3, 0.4) is 0 Å². The fourth-order valence-corrected chi connectivity index (χ4v) is 2.67. The Labute approximate surface area is 122 Å². The number of benzene rings is 2. The van der Waals surface area contributed by atoms with Crippen molar-refractivity contribution in [1.29, 1.82) is 0 Å². The van der Waals surface area contributed by atoms with Crippen LogP contribution in [0.4, 0.5) is 0 Å². The SMILES string of the molecule is C=CCCCC(N)C(c1ccccc1)c1ccccc1. The average molecular weight is 265 g/mol. The Bertz CT molecular complexity index is 464. The first kappa shape index (κ1) is 14.5. The number of allylic oxidation sites excluding steroid dienone is 1. The molecular formula is C19H23N. The lowest BCUT2D eigenvalue weighted by molar-refractivity contribution is 0.533. The van der Waals surface area contributed by atoms with Crippen LogP contribution in [0.5, 0.6) is 0 Å². The maximum Gasteiger partial charge on any atom is 0.0241 e. The van der Waals surface area contributed by atoms with E-state index in [1.807, 2.05) is 6.08 Å². The highest BCUT2D eigenvalue weighted by Gasteiger charge is 2.20. The third kappa shape index (κ3) is 3.82. The van der Waals surface area contributed by atoms with Crippen molar-refractivity contribution in [1.82, 2.24) is 0 Å². The summed E-state index contributed by atoms with van der Waals surface area (Å²) in [7, 11) is 0. The van der Waals surface area contributed by atoms with Crippen molar-refractivity contribution in [2.45, 2.75) is 31.2 Å². The topological polar surface area (TPSA) is 26.0 Å². The Morgan fingerprint density at radius 1 is 0.900 bits per heavy atom. The van der Waals surface area contributed by atoms with Gasteiger partial charge in [0.25, 0.3) is 0 Å². The molecule has 1 nitrogen and oxygen atoms in total. The van der Waals surface area contributed by atoms with Crippen LogP contribution in [0.2, 0.25) is 0 Å². The second-order valence-corrected chi connectivity index (χ2v) is 5.18. The van der Waals surface area contributed by atoms with Gasteiger partial charge in [0.05, 0.1) is 0 Å². The molecule has 104 valence electrons. The summed E-state index contributed by atoms with van der Waals surface area (Å²) in [6.07, 6.45) is 5.11. The van der Waals surface area contributed by atoms with E-state index >= 15 is 0 Å². The lowest BCUT2D eigenvalue weighted by atomic mass is 9.83. The van der Waals surface area contributed by atoms with Gasteiger partial charge in [-0.15, -0.1) is 6.58 Å². The fraction of sp³-hybridized carbons (Fsp3) is 0.263. The molecule has 0 aromatic heterocycles. The molecule has 2 aromatic rings. The molecule has 0 aliphatic heterocycles. The van der Waals surface area contributed by atoms with Crippen LogP contribution >= 0.6 is 0 Å². The van der Waals surface area contributed by atoms with Crippen molar-refractivity contribution >= 4 is 0 Å². The molecule has 0 heterocycles. The van der Waals surface area contributed by atoms with Crippen molar-refractivity contribution in [2.24, 2.45) is 5.73 Å². The van der Waals surface area contributed by atoms with E-state index in [0.717, 1.165) is 19.3 Å². The molecular weight excluding hydrogens is 242 g/mol. The minimum atomic E-state index is 0.139. The van der Waals surface area contributed by atoms with Gasteiger partial charge < -0.3 is 5.73 Å². The van der Waals surface area contributed by atoms with E-state index in [9.17, 15) is 0 Å². The molecule has 0 spiro atoms. The van der Waals surface area contributed by atoms with Gasteiger partial charge >= 0.3 is 0 Å². The lowest BCUT2D eigenvalue weighted by Crippen LogP contribution is -2.29. The summed E-state index contributed by atoms with van der Waals surface area (Å²) in [6.45, 7) is 3.78. The summed E-state index contributed by atoms with van der Waals surface area (Å²) >= 11 is 0. The van der Waals surface area contributed by atoms with Gasteiger partial charge in [0.15, 0.2) is 0 Å². The first-order chi connectivity index (χ1) is 9.83. The third-order valence-electron chi connectivity index (χ3n) is 3.69. The maximum absolute atomic E-state index is 6.49. The predicted octanol–water partition coefficient (Wildman–Crippen LogP) is 4.50. The number of unbranched alkanes of at least 4 members (excludes halogenated alkanes) is 1. The smallest absolute Gasteiger partial charge is 0.0241 e. The zero-order chi connectivity index (χ0) is 14.2. The summed E-state index contributed by atoms with van der Waals surface area (Å²) in [4.78, 5) is 0. The van der Waals surface area contributed by atoms with Crippen LogP contribution in [-0.4, -0.2) is 6.04 Å². The van der Waals surface area contributed by atoms with E-state index in [-0.39, 0.29) is 12.0 Å². The minimum Gasteiger partial charge on any atom is -0.327 e. The highest BCUT2D eigenvalue weighted by Crippen LogP contribution is 2.29. The molecule has 1 heteroatoms. The zero-order valence-electron chi connectivity index (χ0n) is 11.9. The van der Waals surface area contributed by atoms with E-state index in [0.29, 0.717) is 0 Å². The van der Waals surface area contributed by atoms with Crippen molar-refractivity contribution in [3.63, 3.8) is 0 Å². The first-order valence-corrected chi connectivity index (χ1v) is 7.29. The van der Waals surface area contributed by atoms with Gasteiger partial charge in [-0.1, -0.05) is 66.7 Å². The van der Waals surface area contributed by atoms with Crippen LogP contribution in [0.1, 0.15) is 36.3 Å². The van der Waals surface area contributed by atoms with Crippen LogP contribution in [0, 0.1) is 0 Å². The second kappa shape index (κ2) is 7.66. The molecule has 0 amide bonds. The Balaban J connectivity index is 2.23. The second-order valence-electron chi connectivity index (χ2n) is 5.18. The van der Waals surface area contributed by atoms with Gasteiger partial charge in [-0.3, -0.25) is 0 Å². The third-order valence-corrected chi connectivity index (χ3v) is 3.69. The Kier molecular flexibility index (Phi) is 5.57. The largest absolute Gasteiger partial charge is 0.327 e. The molecule has 0 radical (unpaired) electrons. The first-order valence-electron chi connectivity index (χ1n) is 7.29.